The van der Waals surface area contributed by atoms with Gasteiger partial charge in [0.2, 0.25) is 0 Å². The summed E-state index contributed by atoms with van der Waals surface area (Å²) in [6.45, 7) is 0. The Morgan fingerprint density at radius 1 is 0.842 bits per heavy atom. The number of para-hydroxylation sites is 1. The molecular weight excluding hydrogens is 230 g/mol. The van der Waals surface area contributed by atoms with Crippen molar-refractivity contribution in [2.75, 3.05) is 5.32 Å². The SMILES string of the molecule is C1=CC(c2ccccc2)CC=C1Nc1ccccc1. The van der Waals surface area contributed by atoms with Crippen LogP contribution >= 0.6 is 0 Å². The maximum atomic E-state index is 3.43. The second-order valence-electron chi connectivity index (χ2n) is 4.76. The van der Waals surface area contributed by atoms with E-state index in [-0.39, 0.29) is 0 Å². The molecule has 0 aliphatic heterocycles. The molecule has 0 fully saturated rings. The van der Waals surface area contributed by atoms with E-state index in [4.69, 9.17) is 0 Å². The van der Waals surface area contributed by atoms with Crippen LogP contribution in [0.4, 0.5) is 5.69 Å². The van der Waals surface area contributed by atoms with E-state index in [2.05, 4.69) is 66.0 Å². The lowest BCUT2D eigenvalue weighted by Crippen LogP contribution is -2.04. The zero-order chi connectivity index (χ0) is 12.9. The van der Waals surface area contributed by atoms with E-state index in [1.54, 1.807) is 0 Å². The molecule has 0 heterocycles. The molecule has 0 saturated carbocycles. The molecular formula is C18H17N. The van der Waals surface area contributed by atoms with E-state index in [1.807, 2.05) is 18.2 Å². The van der Waals surface area contributed by atoms with Crippen LogP contribution in [0.25, 0.3) is 0 Å². The lowest BCUT2D eigenvalue weighted by atomic mass is 9.92. The number of rotatable bonds is 3. The highest BCUT2D eigenvalue weighted by Gasteiger charge is 2.10. The molecule has 0 saturated heterocycles. The van der Waals surface area contributed by atoms with Crippen LogP contribution in [0.5, 0.6) is 0 Å². The number of nitrogens with one attached hydrogen (secondary N) is 1. The Morgan fingerprint density at radius 3 is 2.16 bits per heavy atom. The molecule has 0 aromatic heterocycles. The molecule has 1 heteroatoms. The fourth-order valence-corrected chi connectivity index (χ4v) is 2.35. The molecule has 3 rings (SSSR count). The summed E-state index contributed by atoms with van der Waals surface area (Å²) in [6, 6.07) is 20.9. The predicted octanol–water partition coefficient (Wildman–Crippen LogP) is 4.73. The molecule has 2 aromatic carbocycles. The predicted molar refractivity (Wildman–Crippen MR) is 81.1 cm³/mol. The standard InChI is InChI=1S/C18H17N/c1-3-7-15(8-4-1)16-11-13-18(14-12-16)19-17-9-5-2-6-10-17/h1-11,13-14,16,19H,12H2. The van der Waals surface area contributed by atoms with Crippen molar-refractivity contribution in [2.24, 2.45) is 0 Å². The molecule has 1 unspecified atom stereocenters. The van der Waals surface area contributed by atoms with E-state index in [1.165, 1.54) is 11.3 Å². The summed E-state index contributed by atoms with van der Waals surface area (Å²) in [6.07, 6.45) is 7.77. The lowest BCUT2D eigenvalue weighted by molar-refractivity contribution is 0.846. The highest BCUT2D eigenvalue weighted by molar-refractivity contribution is 5.51. The average Bonchev–Trinajstić information content (AvgIpc) is 2.50. The molecule has 1 N–H and O–H groups in total. The fraction of sp³-hybridized carbons (Fsp3) is 0.111. The molecule has 1 aliphatic rings. The number of hydrogen-bond acceptors (Lipinski definition) is 1. The maximum absolute atomic E-state index is 3.43. The van der Waals surface area contributed by atoms with Gasteiger partial charge in [-0.15, -0.1) is 0 Å². The first-order valence-corrected chi connectivity index (χ1v) is 6.67. The smallest absolute Gasteiger partial charge is 0.0384 e. The van der Waals surface area contributed by atoms with Crippen molar-refractivity contribution < 1.29 is 0 Å². The third kappa shape index (κ3) is 2.94. The van der Waals surface area contributed by atoms with Gasteiger partial charge in [0.1, 0.15) is 0 Å². The molecule has 1 nitrogen and oxygen atoms in total. The minimum atomic E-state index is 0.502. The summed E-state index contributed by atoms with van der Waals surface area (Å²) in [5, 5.41) is 3.43. The Balaban J connectivity index is 1.67. The quantitative estimate of drug-likeness (QED) is 0.827. The second-order valence-corrected chi connectivity index (χ2v) is 4.76. The van der Waals surface area contributed by atoms with Gasteiger partial charge in [-0.05, 0) is 30.2 Å². The molecule has 94 valence electrons. The van der Waals surface area contributed by atoms with Crippen molar-refractivity contribution in [3.63, 3.8) is 0 Å². The summed E-state index contributed by atoms with van der Waals surface area (Å²) in [4.78, 5) is 0. The van der Waals surface area contributed by atoms with E-state index in [0.29, 0.717) is 5.92 Å². The topological polar surface area (TPSA) is 12.0 Å². The van der Waals surface area contributed by atoms with Crippen LogP contribution in [-0.2, 0) is 0 Å². The van der Waals surface area contributed by atoms with E-state index in [0.717, 1.165) is 12.1 Å². The van der Waals surface area contributed by atoms with E-state index < -0.39 is 0 Å². The van der Waals surface area contributed by atoms with Crippen LogP contribution < -0.4 is 5.32 Å². The summed E-state index contributed by atoms with van der Waals surface area (Å²) >= 11 is 0. The van der Waals surface area contributed by atoms with E-state index >= 15 is 0 Å². The normalized spacial score (nSPS) is 17.9. The van der Waals surface area contributed by atoms with Crippen LogP contribution in [0.15, 0.2) is 84.6 Å². The molecule has 0 bridgehead atoms. The van der Waals surface area contributed by atoms with Gasteiger partial charge in [0.05, 0.1) is 0 Å². The van der Waals surface area contributed by atoms with Crippen molar-refractivity contribution in [1.29, 1.82) is 0 Å². The maximum Gasteiger partial charge on any atom is 0.0384 e. The summed E-state index contributed by atoms with van der Waals surface area (Å²) in [5.41, 5.74) is 3.70. The van der Waals surface area contributed by atoms with Gasteiger partial charge in [-0.1, -0.05) is 60.7 Å². The number of anilines is 1. The Hall–Kier alpha value is -2.28. The van der Waals surface area contributed by atoms with E-state index in [9.17, 15) is 0 Å². The van der Waals surface area contributed by atoms with Gasteiger partial charge >= 0.3 is 0 Å². The highest BCUT2D eigenvalue weighted by Crippen LogP contribution is 2.26. The monoisotopic (exact) mass is 247 g/mol. The molecule has 0 spiro atoms. The summed E-state index contributed by atoms with van der Waals surface area (Å²) in [7, 11) is 0. The lowest BCUT2D eigenvalue weighted by Gasteiger charge is -2.17. The Bertz CT molecular complexity index is 582. The molecule has 2 aromatic rings. The summed E-state index contributed by atoms with van der Waals surface area (Å²) in [5.74, 6) is 0.502. The number of allylic oxidation sites excluding steroid dienone is 3. The molecule has 1 aliphatic carbocycles. The van der Waals surface area contributed by atoms with Crippen molar-refractivity contribution in [2.45, 2.75) is 12.3 Å². The third-order valence-corrected chi connectivity index (χ3v) is 3.39. The zero-order valence-electron chi connectivity index (χ0n) is 10.8. The molecule has 0 radical (unpaired) electrons. The van der Waals surface area contributed by atoms with Crippen LogP contribution in [0.1, 0.15) is 17.9 Å². The van der Waals surface area contributed by atoms with Gasteiger partial charge in [0.25, 0.3) is 0 Å². The van der Waals surface area contributed by atoms with Crippen molar-refractivity contribution >= 4 is 5.69 Å². The minimum absolute atomic E-state index is 0.502. The van der Waals surface area contributed by atoms with Crippen molar-refractivity contribution in [3.8, 4) is 0 Å². The van der Waals surface area contributed by atoms with Crippen LogP contribution in [-0.4, -0.2) is 0 Å². The molecule has 1 atom stereocenters. The first kappa shape index (κ1) is 11.8. The van der Waals surface area contributed by atoms with Crippen molar-refractivity contribution in [3.05, 3.63) is 90.2 Å². The zero-order valence-corrected chi connectivity index (χ0v) is 10.8. The Morgan fingerprint density at radius 2 is 1.53 bits per heavy atom. The van der Waals surface area contributed by atoms with Gasteiger partial charge in [-0.3, -0.25) is 0 Å². The van der Waals surface area contributed by atoms with Crippen LogP contribution in [0.2, 0.25) is 0 Å². The number of benzene rings is 2. The first-order chi connectivity index (χ1) is 9.42. The van der Waals surface area contributed by atoms with Gasteiger partial charge in [-0.2, -0.15) is 0 Å². The highest BCUT2D eigenvalue weighted by atomic mass is 14.9. The van der Waals surface area contributed by atoms with Gasteiger partial charge in [0, 0.05) is 17.3 Å². The fourth-order valence-electron chi connectivity index (χ4n) is 2.35. The van der Waals surface area contributed by atoms with Gasteiger partial charge < -0.3 is 5.32 Å². The average molecular weight is 247 g/mol. The first-order valence-electron chi connectivity index (χ1n) is 6.67. The Kier molecular flexibility index (Phi) is 3.46. The third-order valence-electron chi connectivity index (χ3n) is 3.39. The molecule has 0 amide bonds. The number of hydrogen-bond donors (Lipinski definition) is 1. The minimum Gasteiger partial charge on any atom is -0.356 e. The Labute approximate surface area is 114 Å². The van der Waals surface area contributed by atoms with Crippen LogP contribution in [0, 0.1) is 0 Å². The second kappa shape index (κ2) is 5.57. The van der Waals surface area contributed by atoms with Gasteiger partial charge in [-0.25, -0.2) is 0 Å². The summed E-state index contributed by atoms with van der Waals surface area (Å²) < 4.78 is 0. The largest absolute Gasteiger partial charge is 0.356 e. The van der Waals surface area contributed by atoms with Crippen LogP contribution in [0.3, 0.4) is 0 Å². The molecule has 19 heavy (non-hydrogen) atoms. The van der Waals surface area contributed by atoms with Crippen molar-refractivity contribution in [1.82, 2.24) is 0 Å². The van der Waals surface area contributed by atoms with Gasteiger partial charge in [0.15, 0.2) is 0 Å².